The van der Waals surface area contributed by atoms with Crippen LogP contribution in [0.5, 0.6) is 0 Å². The van der Waals surface area contributed by atoms with E-state index in [4.69, 9.17) is 0 Å². The molecule has 1 aromatic carbocycles. The van der Waals surface area contributed by atoms with E-state index in [1.54, 1.807) is 0 Å². The molecule has 2 fully saturated rings. The van der Waals surface area contributed by atoms with Gasteiger partial charge in [0.2, 0.25) is 5.95 Å². The summed E-state index contributed by atoms with van der Waals surface area (Å²) in [6.07, 6.45) is -2.77. The Labute approximate surface area is 172 Å². The van der Waals surface area contributed by atoms with Crippen LogP contribution in [-0.4, -0.2) is 33.7 Å². The van der Waals surface area contributed by atoms with Crippen molar-refractivity contribution in [1.82, 2.24) is 19.9 Å². The number of nitrogens with zero attached hydrogens (tertiary/aromatic N) is 3. The number of hydrogen-bond acceptors (Lipinski definition) is 4. The van der Waals surface area contributed by atoms with Gasteiger partial charge in [0, 0.05) is 17.2 Å². The molecule has 3 aromatic rings. The normalized spacial score (nSPS) is 23.5. The smallest absolute Gasteiger partial charge is 0.350 e. The summed E-state index contributed by atoms with van der Waals surface area (Å²) in [5.74, 6) is -4.03. The lowest BCUT2D eigenvalue weighted by molar-refractivity contribution is -0.142. The topological polar surface area (TPSA) is 54.2 Å². The lowest BCUT2D eigenvalue weighted by Crippen LogP contribution is -2.45. The fourth-order valence-corrected chi connectivity index (χ4v) is 4.65. The second kappa shape index (κ2) is 7.11. The maximum atomic E-state index is 14.4. The molecule has 31 heavy (non-hydrogen) atoms. The van der Waals surface area contributed by atoms with E-state index in [0.717, 1.165) is 44.1 Å². The van der Waals surface area contributed by atoms with Gasteiger partial charge in [0.25, 0.3) is 0 Å². The van der Waals surface area contributed by atoms with Crippen LogP contribution in [0.4, 0.5) is 32.3 Å². The van der Waals surface area contributed by atoms with Crippen LogP contribution in [0.3, 0.4) is 0 Å². The second-order valence-electron chi connectivity index (χ2n) is 7.95. The fourth-order valence-electron chi connectivity index (χ4n) is 4.65. The Hall–Kier alpha value is -2.82. The number of hydrogen-bond donors (Lipinski definition) is 2. The van der Waals surface area contributed by atoms with Gasteiger partial charge in [0.15, 0.2) is 23.1 Å². The Bertz CT molecular complexity index is 1140. The molecular weight excluding hydrogens is 424 g/mol. The molecule has 2 bridgehead atoms. The summed E-state index contributed by atoms with van der Waals surface area (Å²) in [6, 6.07) is 3.39. The molecule has 0 spiro atoms. The molecule has 5 rings (SSSR count). The highest BCUT2D eigenvalue weighted by Crippen LogP contribution is 2.37. The molecule has 1 aliphatic heterocycles. The molecule has 0 radical (unpaired) electrons. The van der Waals surface area contributed by atoms with Crippen molar-refractivity contribution in [1.29, 1.82) is 0 Å². The minimum Gasteiger partial charge on any atom is -0.350 e. The monoisotopic (exact) mass is 441 g/mol. The highest BCUT2D eigenvalue weighted by atomic mass is 19.4. The first kappa shape index (κ1) is 20.1. The van der Waals surface area contributed by atoms with Crippen LogP contribution >= 0.6 is 0 Å². The number of nitrogens with one attached hydrogen (secondary N) is 2. The van der Waals surface area contributed by atoms with Crippen LogP contribution < -0.4 is 10.6 Å². The number of aromatic nitrogens is 3. The van der Waals surface area contributed by atoms with Gasteiger partial charge in [-0.15, -0.1) is 5.10 Å². The van der Waals surface area contributed by atoms with Crippen molar-refractivity contribution in [2.24, 2.45) is 11.8 Å². The maximum absolute atomic E-state index is 14.4. The molecule has 2 atom stereocenters. The molecule has 2 unspecified atom stereocenters. The van der Waals surface area contributed by atoms with Crippen LogP contribution in [0.25, 0.3) is 16.8 Å². The highest BCUT2D eigenvalue weighted by molar-refractivity contribution is 5.79. The van der Waals surface area contributed by atoms with Gasteiger partial charge in [-0.3, -0.25) is 0 Å². The molecule has 2 N–H and O–H groups in total. The molecule has 164 valence electrons. The van der Waals surface area contributed by atoms with Crippen molar-refractivity contribution in [2.45, 2.75) is 25.1 Å². The molecule has 1 saturated carbocycles. The van der Waals surface area contributed by atoms with Crippen molar-refractivity contribution >= 4 is 11.6 Å². The molecule has 1 saturated heterocycles. The number of alkyl halides is 3. The van der Waals surface area contributed by atoms with E-state index in [1.165, 1.54) is 0 Å². The summed E-state index contributed by atoms with van der Waals surface area (Å²) in [5.41, 5.74) is -1.94. The summed E-state index contributed by atoms with van der Waals surface area (Å²) in [4.78, 5) is 4.18. The molecular formula is C20H17F6N5. The number of rotatable bonds is 3. The van der Waals surface area contributed by atoms with Gasteiger partial charge < -0.3 is 10.6 Å². The van der Waals surface area contributed by atoms with Crippen molar-refractivity contribution in [2.75, 3.05) is 18.4 Å². The fraction of sp³-hybridized carbons (Fsp3) is 0.400. The zero-order valence-electron chi connectivity index (χ0n) is 16.0. The largest absolute Gasteiger partial charge is 0.433 e. The number of halogens is 6. The number of anilines is 1. The maximum Gasteiger partial charge on any atom is 0.433 e. The molecule has 5 nitrogen and oxygen atoms in total. The van der Waals surface area contributed by atoms with Crippen LogP contribution in [0.2, 0.25) is 0 Å². The zero-order valence-corrected chi connectivity index (χ0v) is 16.0. The van der Waals surface area contributed by atoms with Gasteiger partial charge in [0.1, 0.15) is 5.69 Å². The Morgan fingerprint density at radius 1 is 0.935 bits per heavy atom. The Balaban J connectivity index is 1.64. The van der Waals surface area contributed by atoms with Gasteiger partial charge >= 0.3 is 6.18 Å². The summed E-state index contributed by atoms with van der Waals surface area (Å²) in [5, 5.41) is 10.5. The molecule has 3 heterocycles. The molecule has 2 aliphatic rings. The summed E-state index contributed by atoms with van der Waals surface area (Å²) in [6.45, 7) is 1.58. The van der Waals surface area contributed by atoms with Crippen molar-refractivity contribution in [3.8, 4) is 11.1 Å². The van der Waals surface area contributed by atoms with Crippen LogP contribution in [-0.2, 0) is 6.18 Å². The molecule has 0 amide bonds. The van der Waals surface area contributed by atoms with E-state index in [2.05, 4.69) is 20.7 Å². The average molecular weight is 441 g/mol. The summed E-state index contributed by atoms with van der Waals surface area (Å²) in [7, 11) is 0. The van der Waals surface area contributed by atoms with E-state index >= 15 is 0 Å². The minimum atomic E-state index is -4.75. The Kier molecular flexibility index (Phi) is 4.61. The minimum absolute atomic E-state index is 0.0106. The Morgan fingerprint density at radius 3 is 2.29 bits per heavy atom. The molecule has 11 heteroatoms. The predicted octanol–water partition coefficient (Wildman–Crippen LogP) is 4.24. The number of pyridine rings is 1. The summed E-state index contributed by atoms with van der Waals surface area (Å²) >= 11 is 0. The lowest BCUT2D eigenvalue weighted by atomic mass is 9.94. The zero-order chi connectivity index (χ0) is 21.9. The first-order valence-electron chi connectivity index (χ1n) is 9.82. The predicted molar refractivity (Wildman–Crippen MR) is 99.8 cm³/mol. The number of piperidine rings is 1. The van der Waals surface area contributed by atoms with Crippen molar-refractivity contribution in [3.63, 3.8) is 0 Å². The van der Waals surface area contributed by atoms with Gasteiger partial charge in [0.05, 0.1) is 0 Å². The third-order valence-electron chi connectivity index (χ3n) is 6.13. The van der Waals surface area contributed by atoms with Gasteiger partial charge in [-0.05, 0) is 62.0 Å². The van der Waals surface area contributed by atoms with Crippen molar-refractivity contribution < 1.29 is 26.3 Å². The first-order chi connectivity index (χ1) is 14.7. The van der Waals surface area contributed by atoms with Gasteiger partial charge in [-0.2, -0.15) is 18.2 Å². The van der Waals surface area contributed by atoms with Gasteiger partial charge in [-0.25, -0.2) is 17.7 Å². The third-order valence-corrected chi connectivity index (χ3v) is 6.13. The standard InChI is InChI=1S/C20H17F6N5/c21-13-5-3-11(15(22)16(13)23)12-4-6-14(20(24,25)26)31-18(12)29-19(30-31)28-17-9-1-2-10(17)8-27-7-9/h3-6,9-10,17,27H,1-2,7-8H2,(H,28,30). The quantitative estimate of drug-likeness (QED) is 0.472. The van der Waals surface area contributed by atoms with Crippen LogP contribution in [0, 0.1) is 29.3 Å². The van der Waals surface area contributed by atoms with E-state index in [9.17, 15) is 26.3 Å². The number of fused-ring (bicyclic) bond motifs is 3. The number of benzene rings is 1. The third kappa shape index (κ3) is 3.31. The van der Waals surface area contributed by atoms with E-state index in [1.807, 2.05) is 0 Å². The molecule has 1 aliphatic carbocycles. The SMILES string of the molecule is Fc1ccc(-c2ccc(C(F)(F)F)n3nc(NC4C5CCC4CNC5)nc23)c(F)c1F. The van der Waals surface area contributed by atoms with Gasteiger partial charge in [-0.1, -0.05) is 0 Å². The Morgan fingerprint density at radius 2 is 1.61 bits per heavy atom. The summed E-state index contributed by atoms with van der Waals surface area (Å²) < 4.78 is 82.7. The van der Waals surface area contributed by atoms with E-state index in [0.29, 0.717) is 22.4 Å². The highest BCUT2D eigenvalue weighted by Gasteiger charge is 2.40. The van der Waals surface area contributed by atoms with Crippen LogP contribution in [0.1, 0.15) is 18.5 Å². The van der Waals surface area contributed by atoms with Crippen LogP contribution in [0.15, 0.2) is 24.3 Å². The second-order valence-corrected chi connectivity index (χ2v) is 7.95. The molecule has 2 aromatic heterocycles. The first-order valence-corrected chi connectivity index (χ1v) is 9.82. The van der Waals surface area contributed by atoms with E-state index in [-0.39, 0.29) is 23.2 Å². The average Bonchev–Trinajstić information content (AvgIpc) is 3.21. The van der Waals surface area contributed by atoms with Crippen molar-refractivity contribution in [3.05, 3.63) is 47.4 Å². The van der Waals surface area contributed by atoms with E-state index < -0.39 is 34.9 Å². The lowest BCUT2D eigenvalue weighted by Gasteiger charge is -2.30.